The van der Waals surface area contributed by atoms with Gasteiger partial charge in [0.05, 0.1) is 6.61 Å². The average Bonchev–Trinajstić information content (AvgIpc) is 2.35. The fraction of sp³-hybridized carbons (Fsp3) is 0.385. The smallest absolute Gasteiger partial charge is 0.127 e. The molecule has 0 saturated carbocycles. The molecule has 0 saturated heterocycles. The normalized spacial score (nSPS) is 17.2. The number of rotatable bonds is 3. The predicted octanol–water partition coefficient (Wildman–Crippen LogP) is 3.08. The van der Waals surface area contributed by atoms with E-state index >= 15 is 0 Å². The Kier molecular flexibility index (Phi) is 4.02. The van der Waals surface area contributed by atoms with Crippen LogP contribution in [0.5, 0.6) is 0 Å². The second kappa shape index (κ2) is 5.52. The highest BCUT2D eigenvalue weighted by atomic mass is 35.5. The van der Waals surface area contributed by atoms with Crippen molar-refractivity contribution in [3.63, 3.8) is 0 Å². The number of halogens is 2. The molecule has 1 aliphatic heterocycles. The Bertz CT molecular complexity index is 411. The topological polar surface area (TPSA) is 29.5 Å². The molecule has 0 fully saturated rings. The van der Waals surface area contributed by atoms with Crippen LogP contribution in [-0.4, -0.2) is 17.8 Å². The van der Waals surface area contributed by atoms with Crippen molar-refractivity contribution in [2.75, 3.05) is 6.61 Å². The summed E-state index contributed by atoms with van der Waals surface area (Å²) in [7, 11) is 0. The number of hydrogen-bond acceptors (Lipinski definition) is 2. The van der Waals surface area contributed by atoms with E-state index in [4.69, 9.17) is 16.3 Å². The zero-order valence-corrected chi connectivity index (χ0v) is 10.1. The molecule has 0 spiro atoms. The Labute approximate surface area is 105 Å². The minimum absolute atomic E-state index is 0.136. The van der Waals surface area contributed by atoms with Crippen LogP contribution in [-0.2, 0) is 11.2 Å². The summed E-state index contributed by atoms with van der Waals surface area (Å²) in [5, 5.41) is 10.3. The van der Waals surface area contributed by atoms with Crippen molar-refractivity contribution in [3.05, 3.63) is 46.4 Å². The highest BCUT2D eigenvalue weighted by Crippen LogP contribution is 2.23. The number of allylic oxidation sites excluding steroid dienone is 1. The maximum absolute atomic E-state index is 13.5. The van der Waals surface area contributed by atoms with Gasteiger partial charge in [0.2, 0.25) is 0 Å². The molecular weight excluding hydrogens is 243 g/mol. The third-order valence-corrected chi connectivity index (χ3v) is 3.10. The summed E-state index contributed by atoms with van der Waals surface area (Å²) in [6.07, 6.45) is 3.00. The van der Waals surface area contributed by atoms with Gasteiger partial charge in [0, 0.05) is 17.0 Å². The summed E-state index contributed by atoms with van der Waals surface area (Å²) < 4.78 is 18.9. The molecule has 1 N–H and O–H groups in total. The van der Waals surface area contributed by atoms with Crippen LogP contribution in [0.15, 0.2) is 30.0 Å². The van der Waals surface area contributed by atoms with Gasteiger partial charge in [-0.3, -0.25) is 0 Å². The third-order valence-electron chi connectivity index (χ3n) is 2.75. The molecule has 0 bridgehead atoms. The van der Waals surface area contributed by atoms with Crippen molar-refractivity contribution in [1.82, 2.24) is 0 Å². The second-order valence-electron chi connectivity index (χ2n) is 4.02. The standard InChI is InChI=1S/C13H14ClFO2/c14-10-4-3-5-11(15)9(10)8-12(16)13-6-1-2-7-17-13/h3-6,12,16H,1-2,7-8H2. The maximum atomic E-state index is 13.5. The highest BCUT2D eigenvalue weighted by molar-refractivity contribution is 6.31. The number of benzene rings is 1. The molecule has 1 atom stereocenters. The van der Waals surface area contributed by atoms with Crippen LogP contribution in [0.25, 0.3) is 0 Å². The first-order valence-corrected chi connectivity index (χ1v) is 6.00. The van der Waals surface area contributed by atoms with Crippen LogP contribution in [0.2, 0.25) is 5.02 Å². The molecule has 17 heavy (non-hydrogen) atoms. The molecule has 0 aromatic heterocycles. The highest BCUT2D eigenvalue weighted by Gasteiger charge is 2.18. The molecule has 0 radical (unpaired) electrons. The molecule has 2 rings (SSSR count). The van der Waals surface area contributed by atoms with Crippen molar-refractivity contribution in [2.24, 2.45) is 0 Å². The summed E-state index contributed by atoms with van der Waals surface area (Å²) in [4.78, 5) is 0. The van der Waals surface area contributed by atoms with Gasteiger partial charge < -0.3 is 9.84 Å². The van der Waals surface area contributed by atoms with E-state index in [0.717, 1.165) is 12.8 Å². The van der Waals surface area contributed by atoms with Crippen molar-refractivity contribution < 1.29 is 14.2 Å². The molecule has 1 aliphatic rings. The lowest BCUT2D eigenvalue weighted by Gasteiger charge is -2.20. The lowest BCUT2D eigenvalue weighted by Crippen LogP contribution is -2.19. The van der Waals surface area contributed by atoms with Gasteiger partial charge in [0.1, 0.15) is 17.7 Å². The SMILES string of the molecule is OC(Cc1c(F)cccc1Cl)C1=CCCCO1. The van der Waals surface area contributed by atoms with Crippen molar-refractivity contribution in [3.8, 4) is 0 Å². The summed E-state index contributed by atoms with van der Waals surface area (Å²) in [5.74, 6) is 0.128. The van der Waals surface area contributed by atoms with Crippen LogP contribution < -0.4 is 0 Å². The van der Waals surface area contributed by atoms with Gasteiger partial charge in [0.25, 0.3) is 0 Å². The Morgan fingerprint density at radius 2 is 2.29 bits per heavy atom. The average molecular weight is 257 g/mol. The van der Waals surface area contributed by atoms with Gasteiger partial charge in [-0.15, -0.1) is 0 Å². The fourth-order valence-electron chi connectivity index (χ4n) is 1.83. The van der Waals surface area contributed by atoms with Gasteiger partial charge in [-0.05, 0) is 31.1 Å². The molecule has 0 aliphatic carbocycles. The van der Waals surface area contributed by atoms with Crippen LogP contribution in [0.3, 0.4) is 0 Å². The summed E-state index contributed by atoms with van der Waals surface area (Å²) >= 11 is 5.90. The molecule has 2 nitrogen and oxygen atoms in total. The van der Waals surface area contributed by atoms with Gasteiger partial charge in [-0.1, -0.05) is 17.7 Å². The summed E-state index contributed by atoms with van der Waals surface area (Å²) in [6.45, 7) is 0.605. The van der Waals surface area contributed by atoms with Crippen molar-refractivity contribution >= 4 is 11.6 Å². The number of hydrogen-bond donors (Lipinski definition) is 1. The lowest BCUT2D eigenvalue weighted by molar-refractivity contribution is 0.0913. The molecule has 1 unspecified atom stereocenters. The van der Waals surface area contributed by atoms with Gasteiger partial charge in [-0.25, -0.2) is 4.39 Å². The second-order valence-corrected chi connectivity index (χ2v) is 4.42. The van der Waals surface area contributed by atoms with E-state index in [-0.39, 0.29) is 6.42 Å². The molecule has 1 aromatic carbocycles. The Hall–Kier alpha value is -1.06. The van der Waals surface area contributed by atoms with Crippen LogP contribution in [0, 0.1) is 5.82 Å². The van der Waals surface area contributed by atoms with Crippen LogP contribution >= 0.6 is 11.6 Å². The minimum atomic E-state index is -0.829. The Balaban J connectivity index is 2.12. The van der Waals surface area contributed by atoms with Gasteiger partial charge in [0.15, 0.2) is 0 Å². The van der Waals surface area contributed by atoms with E-state index in [1.807, 2.05) is 6.08 Å². The van der Waals surface area contributed by atoms with E-state index in [9.17, 15) is 9.50 Å². The van der Waals surface area contributed by atoms with E-state index in [1.165, 1.54) is 6.07 Å². The quantitative estimate of drug-likeness (QED) is 0.901. The molecule has 1 heterocycles. The summed E-state index contributed by atoms with van der Waals surface area (Å²) in [5.41, 5.74) is 0.330. The Morgan fingerprint density at radius 1 is 1.47 bits per heavy atom. The lowest BCUT2D eigenvalue weighted by atomic mass is 10.0. The molecule has 92 valence electrons. The monoisotopic (exact) mass is 256 g/mol. The van der Waals surface area contributed by atoms with Gasteiger partial charge >= 0.3 is 0 Å². The molecular formula is C13H14ClFO2. The first-order chi connectivity index (χ1) is 8.18. The largest absolute Gasteiger partial charge is 0.495 e. The van der Waals surface area contributed by atoms with E-state index in [2.05, 4.69) is 0 Å². The predicted molar refractivity (Wildman–Crippen MR) is 64.4 cm³/mol. The minimum Gasteiger partial charge on any atom is -0.495 e. The number of aliphatic hydroxyl groups excluding tert-OH is 1. The van der Waals surface area contributed by atoms with E-state index < -0.39 is 11.9 Å². The van der Waals surface area contributed by atoms with Crippen molar-refractivity contribution in [1.29, 1.82) is 0 Å². The summed E-state index contributed by atoms with van der Waals surface area (Å²) in [6, 6.07) is 4.50. The first-order valence-electron chi connectivity index (χ1n) is 5.62. The zero-order chi connectivity index (χ0) is 12.3. The maximum Gasteiger partial charge on any atom is 0.127 e. The van der Waals surface area contributed by atoms with Crippen LogP contribution in [0.4, 0.5) is 4.39 Å². The third kappa shape index (κ3) is 2.99. The number of ether oxygens (including phenoxy) is 1. The van der Waals surface area contributed by atoms with Crippen LogP contribution in [0.1, 0.15) is 18.4 Å². The van der Waals surface area contributed by atoms with E-state index in [1.54, 1.807) is 12.1 Å². The first kappa shape index (κ1) is 12.4. The molecule has 1 aromatic rings. The fourth-order valence-corrected chi connectivity index (χ4v) is 2.07. The zero-order valence-electron chi connectivity index (χ0n) is 9.33. The van der Waals surface area contributed by atoms with Crippen molar-refractivity contribution in [2.45, 2.75) is 25.4 Å². The Morgan fingerprint density at radius 3 is 2.94 bits per heavy atom. The molecule has 4 heteroatoms. The van der Waals surface area contributed by atoms with E-state index in [0.29, 0.717) is 23.0 Å². The molecule has 0 amide bonds. The number of aliphatic hydroxyl groups is 1. The van der Waals surface area contributed by atoms with Gasteiger partial charge in [-0.2, -0.15) is 0 Å².